The molecule has 0 saturated carbocycles. The maximum absolute atomic E-state index is 6.39. The number of rotatable bonds is 6. The summed E-state index contributed by atoms with van der Waals surface area (Å²) in [6, 6.07) is 16.5. The molecule has 0 aliphatic rings. The fourth-order valence-corrected chi connectivity index (χ4v) is 3.31. The minimum absolute atomic E-state index is 0. The Morgan fingerprint density at radius 1 is 1.00 bits per heavy atom. The molecule has 0 amide bonds. The van der Waals surface area contributed by atoms with E-state index in [9.17, 15) is 0 Å². The molecule has 2 rings (SSSR count). The van der Waals surface area contributed by atoms with Gasteiger partial charge in [0.15, 0.2) is 0 Å². The number of hydrogen-bond donors (Lipinski definition) is 1. The Morgan fingerprint density at radius 2 is 1.64 bits per heavy atom. The molecule has 0 bridgehead atoms. The molecule has 0 aliphatic heterocycles. The highest BCUT2D eigenvalue weighted by molar-refractivity contribution is 7.99. The molecule has 0 radical (unpaired) electrons. The average Bonchev–Trinajstić information content (AvgIpc) is 2.48. The lowest BCUT2D eigenvalue weighted by Crippen LogP contribution is -2.12. The molecule has 1 atom stereocenters. The third-order valence-corrected chi connectivity index (χ3v) is 4.77. The van der Waals surface area contributed by atoms with Crippen molar-refractivity contribution < 1.29 is 0 Å². The van der Waals surface area contributed by atoms with Crippen molar-refractivity contribution in [3.63, 3.8) is 0 Å². The summed E-state index contributed by atoms with van der Waals surface area (Å²) < 4.78 is 0. The van der Waals surface area contributed by atoms with Gasteiger partial charge in [-0.25, -0.2) is 0 Å². The molecule has 0 spiro atoms. The van der Waals surface area contributed by atoms with Crippen LogP contribution in [0.1, 0.15) is 38.3 Å². The normalized spacial score (nSPS) is 12.0. The van der Waals surface area contributed by atoms with Crippen LogP contribution in [0.15, 0.2) is 58.3 Å². The van der Waals surface area contributed by atoms with E-state index in [1.54, 1.807) is 11.8 Å². The maximum atomic E-state index is 6.39. The first-order valence-corrected chi connectivity index (χ1v) is 8.53. The van der Waals surface area contributed by atoms with Crippen LogP contribution in [0.25, 0.3) is 0 Å². The second-order valence-corrected chi connectivity index (χ2v) is 7.22. The summed E-state index contributed by atoms with van der Waals surface area (Å²) in [6.07, 6.45) is 2.18. The van der Waals surface area contributed by atoms with Crippen LogP contribution < -0.4 is 5.73 Å². The van der Waals surface area contributed by atoms with Crippen LogP contribution in [0, 0.1) is 5.92 Å². The van der Waals surface area contributed by atoms with E-state index in [0.717, 1.165) is 17.9 Å². The fraction of sp³-hybridized carbons (Fsp3) is 0.333. The molecule has 0 saturated heterocycles. The molecule has 0 aliphatic carbocycles. The van der Waals surface area contributed by atoms with Gasteiger partial charge in [0.25, 0.3) is 0 Å². The van der Waals surface area contributed by atoms with E-state index in [2.05, 4.69) is 38.1 Å². The van der Waals surface area contributed by atoms with Crippen molar-refractivity contribution in [3.8, 4) is 0 Å². The average molecular weight is 356 g/mol. The predicted octanol–water partition coefficient (Wildman–Crippen LogP) is 6.35. The fourth-order valence-electron chi connectivity index (χ4n) is 2.18. The van der Waals surface area contributed by atoms with Crippen molar-refractivity contribution in [1.82, 2.24) is 0 Å². The van der Waals surface area contributed by atoms with Gasteiger partial charge in [0, 0.05) is 20.9 Å². The highest BCUT2D eigenvalue weighted by Gasteiger charge is 2.12. The first kappa shape index (κ1) is 19.4. The lowest BCUT2D eigenvalue weighted by molar-refractivity contribution is 0.504. The summed E-state index contributed by atoms with van der Waals surface area (Å²) in [5, 5.41) is 0.765. The largest absolute Gasteiger partial charge is 0.324 e. The van der Waals surface area contributed by atoms with Gasteiger partial charge in [0.2, 0.25) is 0 Å². The minimum atomic E-state index is 0. The van der Waals surface area contributed by atoms with Crippen LogP contribution in [0.5, 0.6) is 0 Å². The number of halogens is 2. The zero-order valence-corrected chi connectivity index (χ0v) is 15.3. The van der Waals surface area contributed by atoms with Crippen molar-refractivity contribution in [3.05, 3.63) is 59.1 Å². The van der Waals surface area contributed by atoms with Crippen molar-refractivity contribution in [2.24, 2.45) is 11.7 Å². The van der Waals surface area contributed by atoms with Gasteiger partial charge in [-0.05, 0) is 54.7 Å². The van der Waals surface area contributed by atoms with Gasteiger partial charge in [0.1, 0.15) is 0 Å². The quantitative estimate of drug-likeness (QED) is 0.653. The van der Waals surface area contributed by atoms with E-state index in [-0.39, 0.29) is 18.4 Å². The monoisotopic (exact) mass is 355 g/mol. The first-order valence-electron chi connectivity index (χ1n) is 7.34. The van der Waals surface area contributed by atoms with Crippen molar-refractivity contribution in [2.75, 3.05) is 0 Å². The second kappa shape index (κ2) is 9.46. The third kappa shape index (κ3) is 5.85. The van der Waals surface area contributed by atoms with E-state index < -0.39 is 0 Å². The molecule has 120 valence electrons. The Morgan fingerprint density at radius 3 is 2.27 bits per heavy atom. The Balaban J connectivity index is 0.00000242. The van der Waals surface area contributed by atoms with Crippen LogP contribution in [0.4, 0.5) is 0 Å². The van der Waals surface area contributed by atoms with Crippen molar-refractivity contribution >= 4 is 35.8 Å². The molecule has 0 unspecified atom stereocenters. The summed E-state index contributed by atoms with van der Waals surface area (Å²) in [5.41, 5.74) is 7.62. The van der Waals surface area contributed by atoms with Gasteiger partial charge in [0.05, 0.1) is 0 Å². The Labute approximate surface area is 149 Å². The van der Waals surface area contributed by atoms with Crippen LogP contribution in [-0.4, -0.2) is 0 Å². The summed E-state index contributed by atoms with van der Waals surface area (Å²) in [7, 11) is 0. The lowest BCUT2D eigenvalue weighted by Gasteiger charge is -2.17. The smallest absolute Gasteiger partial charge is 0.0406 e. The standard InChI is InChI=1S/C18H22ClNS.ClH/c1-13(2)7-12-17(20)16-5-3-4-6-18(16)21-15-10-8-14(19)9-11-15;/h3-6,8-11,13,17H,7,12,20H2,1-2H3;1H/t17-;/m0./s1. The van der Waals surface area contributed by atoms with E-state index in [1.165, 1.54) is 15.4 Å². The van der Waals surface area contributed by atoms with Crippen molar-refractivity contribution in [2.45, 2.75) is 42.5 Å². The molecule has 1 nitrogen and oxygen atoms in total. The van der Waals surface area contributed by atoms with Gasteiger partial charge in [-0.3, -0.25) is 0 Å². The van der Waals surface area contributed by atoms with Crippen molar-refractivity contribution in [1.29, 1.82) is 0 Å². The summed E-state index contributed by atoms with van der Waals surface area (Å²) in [5.74, 6) is 0.687. The van der Waals surface area contributed by atoms with E-state index in [0.29, 0.717) is 5.92 Å². The zero-order chi connectivity index (χ0) is 15.2. The molecule has 2 aromatic carbocycles. The molecule has 4 heteroatoms. The lowest BCUT2D eigenvalue weighted by atomic mass is 9.98. The SMILES string of the molecule is CC(C)CC[C@H](N)c1ccccc1Sc1ccc(Cl)cc1.Cl. The number of hydrogen-bond acceptors (Lipinski definition) is 2. The molecule has 0 heterocycles. The topological polar surface area (TPSA) is 26.0 Å². The van der Waals surface area contributed by atoms with Crippen LogP contribution in [0.3, 0.4) is 0 Å². The highest BCUT2D eigenvalue weighted by atomic mass is 35.5. The molecule has 2 aromatic rings. The maximum Gasteiger partial charge on any atom is 0.0406 e. The van der Waals surface area contributed by atoms with Gasteiger partial charge in [-0.2, -0.15) is 0 Å². The van der Waals surface area contributed by atoms with Gasteiger partial charge in [-0.15, -0.1) is 12.4 Å². The second-order valence-electron chi connectivity index (χ2n) is 5.67. The first-order chi connectivity index (χ1) is 10.1. The van der Waals surface area contributed by atoms with E-state index >= 15 is 0 Å². The van der Waals surface area contributed by atoms with Gasteiger partial charge in [-0.1, -0.05) is 55.4 Å². The summed E-state index contributed by atoms with van der Waals surface area (Å²) in [4.78, 5) is 2.42. The van der Waals surface area contributed by atoms with Gasteiger partial charge < -0.3 is 5.73 Å². The Kier molecular flexibility index (Phi) is 8.34. The minimum Gasteiger partial charge on any atom is -0.324 e. The van der Waals surface area contributed by atoms with Crippen LogP contribution >= 0.6 is 35.8 Å². The predicted molar refractivity (Wildman–Crippen MR) is 100 cm³/mol. The molecule has 0 aromatic heterocycles. The third-order valence-electron chi connectivity index (χ3n) is 3.41. The van der Waals surface area contributed by atoms with Crippen LogP contribution in [-0.2, 0) is 0 Å². The zero-order valence-electron chi connectivity index (χ0n) is 13.0. The Bertz CT molecular complexity index is 570. The highest BCUT2D eigenvalue weighted by Crippen LogP contribution is 2.34. The summed E-state index contributed by atoms with van der Waals surface area (Å²) >= 11 is 7.68. The molecule has 2 N–H and O–H groups in total. The van der Waals surface area contributed by atoms with E-state index in [4.69, 9.17) is 17.3 Å². The molecular weight excluding hydrogens is 333 g/mol. The Hall–Kier alpha value is -0.670. The van der Waals surface area contributed by atoms with E-state index in [1.807, 2.05) is 24.3 Å². The number of benzene rings is 2. The molecule has 22 heavy (non-hydrogen) atoms. The molecular formula is C18H23Cl2NS. The summed E-state index contributed by atoms with van der Waals surface area (Å²) in [6.45, 7) is 4.47. The number of nitrogens with two attached hydrogens (primary N) is 1. The van der Waals surface area contributed by atoms with Crippen LogP contribution in [0.2, 0.25) is 5.02 Å². The van der Waals surface area contributed by atoms with Gasteiger partial charge >= 0.3 is 0 Å². The molecule has 0 fully saturated rings.